The van der Waals surface area contributed by atoms with Crippen LogP contribution >= 0.6 is 15.9 Å². The summed E-state index contributed by atoms with van der Waals surface area (Å²) in [4.78, 5) is 14.3. The summed E-state index contributed by atoms with van der Waals surface area (Å²) in [5.41, 5.74) is 5.17. The molecule has 1 heterocycles. The Bertz CT molecular complexity index is 1260. The molecule has 4 aromatic carbocycles. The van der Waals surface area contributed by atoms with E-state index in [4.69, 9.17) is 15.0 Å². The number of nitrogens with zero attached hydrogens (tertiary/aromatic N) is 3. The molecule has 5 rings (SSSR count). The largest absolute Gasteiger partial charge is 0.208 e. The molecule has 4 heteroatoms. The number of benzene rings is 4. The van der Waals surface area contributed by atoms with Crippen molar-refractivity contribution < 1.29 is 0 Å². The summed E-state index contributed by atoms with van der Waals surface area (Å²) in [7, 11) is 0. The minimum absolute atomic E-state index is 0.659. The summed E-state index contributed by atoms with van der Waals surface area (Å²) in [6, 6.07) is 36.6. The zero-order chi connectivity index (χ0) is 21.0. The predicted molar refractivity (Wildman–Crippen MR) is 129 cm³/mol. The zero-order valence-electron chi connectivity index (χ0n) is 16.6. The fourth-order valence-corrected chi connectivity index (χ4v) is 3.95. The van der Waals surface area contributed by atoms with Gasteiger partial charge in [-0.2, -0.15) is 0 Å². The molecule has 0 unspecified atom stereocenters. The predicted octanol–water partition coefficient (Wildman–Crippen LogP) is 7.30. The maximum atomic E-state index is 4.79. The Balaban J connectivity index is 1.61. The third-order valence-electron chi connectivity index (χ3n) is 5.03. The van der Waals surface area contributed by atoms with E-state index in [1.54, 1.807) is 0 Å². The van der Waals surface area contributed by atoms with Crippen LogP contribution in [0.3, 0.4) is 0 Å². The molecular formula is C27H18BrN3. The highest BCUT2D eigenvalue weighted by atomic mass is 79.9. The van der Waals surface area contributed by atoms with Crippen LogP contribution in [0.4, 0.5) is 0 Å². The highest BCUT2D eigenvalue weighted by molar-refractivity contribution is 9.10. The molecule has 0 fully saturated rings. The first-order valence-electron chi connectivity index (χ1n) is 10.0. The molecule has 0 N–H and O–H groups in total. The van der Waals surface area contributed by atoms with Gasteiger partial charge in [0, 0.05) is 21.2 Å². The first-order chi connectivity index (χ1) is 15.3. The van der Waals surface area contributed by atoms with Crippen LogP contribution in [-0.4, -0.2) is 15.0 Å². The van der Waals surface area contributed by atoms with Gasteiger partial charge in [0.15, 0.2) is 17.5 Å². The molecule has 0 saturated heterocycles. The van der Waals surface area contributed by atoms with E-state index in [9.17, 15) is 0 Å². The molecule has 5 aromatic rings. The van der Waals surface area contributed by atoms with Gasteiger partial charge in [0.2, 0.25) is 0 Å². The second-order valence-corrected chi connectivity index (χ2v) is 7.95. The van der Waals surface area contributed by atoms with Gasteiger partial charge in [-0.1, -0.05) is 119 Å². The molecule has 0 amide bonds. The maximum absolute atomic E-state index is 4.79. The summed E-state index contributed by atoms with van der Waals surface area (Å²) in [6.07, 6.45) is 0. The first kappa shape index (κ1) is 19.3. The van der Waals surface area contributed by atoms with E-state index in [0.717, 1.165) is 32.3 Å². The van der Waals surface area contributed by atoms with E-state index in [1.165, 1.54) is 0 Å². The Kier molecular flexibility index (Phi) is 5.38. The van der Waals surface area contributed by atoms with Gasteiger partial charge in [0.25, 0.3) is 0 Å². The monoisotopic (exact) mass is 463 g/mol. The Morgan fingerprint density at radius 2 is 0.774 bits per heavy atom. The van der Waals surface area contributed by atoms with Gasteiger partial charge in [-0.25, -0.2) is 15.0 Å². The molecule has 31 heavy (non-hydrogen) atoms. The Labute approximate surface area is 189 Å². The van der Waals surface area contributed by atoms with Crippen LogP contribution in [0.25, 0.3) is 45.3 Å². The molecule has 0 aliphatic rings. The highest BCUT2D eigenvalue weighted by Crippen LogP contribution is 2.30. The second-order valence-electron chi connectivity index (χ2n) is 7.10. The Hall–Kier alpha value is -3.63. The fourth-order valence-electron chi connectivity index (χ4n) is 3.43. The molecule has 0 aliphatic heterocycles. The van der Waals surface area contributed by atoms with E-state index >= 15 is 0 Å². The van der Waals surface area contributed by atoms with Gasteiger partial charge in [-0.05, 0) is 17.2 Å². The first-order valence-corrected chi connectivity index (χ1v) is 10.8. The van der Waals surface area contributed by atoms with Crippen molar-refractivity contribution in [3.05, 3.63) is 114 Å². The topological polar surface area (TPSA) is 38.7 Å². The van der Waals surface area contributed by atoms with Crippen LogP contribution in [0.15, 0.2) is 114 Å². The summed E-state index contributed by atoms with van der Waals surface area (Å²) in [6.45, 7) is 0. The van der Waals surface area contributed by atoms with E-state index in [2.05, 4.69) is 46.3 Å². The van der Waals surface area contributed by atoms with Crippen molar-refractivity contribution in [2.75, 3.05) is 0 Å². The number of aromatic nitrogens is 3. The number of rotatable bonds is 4. The van der Waals surface area contributed by atoms with Crippen molar-refractivity contribution in [2.24, 2.45) is 0 Å². The lowest BCUT2D eigenvalue weighted by atomic mass is 10.0. The minimum Gasteiger partial charge on any atom is -0.208 e. The Morgan fingerprint density at radius 3 is 1.26 bits per heavy atom. The molecule has 0 bridgehead atoms. The lowest BCUT2D eigenvalue weighted by molar-refractivity contribution is 1.07. The molecule has 3 nitrogen and oxygen atoms in total. The zero-order valence-corrected chi connectivity index (χ0v) is 18.2. The maximum Gasteiger partial charge on any atom is 0.164 e. The third kappa shape index (κ3) is 4.16. The lowest BCUT2D eigenvalue weighted by Gasteiger charge is -2.09. The van der Waals surface area contributed by atoms with Gasteiger partial charge in [0.1, 0.15) is 0 Å². The highest BCUT2D eigenvalue weighted by Gasteiger charge is 2.12. The van der Waals surface area contributed by atoms with E-state index in [0.29, 0.717) is 17.5 Å². The molecular weight excluding hydrogens is 446 g/mol. The van der Waals surface area contributed by atoms with Crippen LogP contribution in [0, 0.1) is 0 Å². The normalized spacial score (nSPS) is 10.7. The average Bonchev–Trinajstić information content (AvgIpc) is 2.85. The van der Waals surface area contributed by atoms with Crippen LogP contribution in [0.2, 0.25) is 0 Å². The van der Waals surface area contributed by atoms with Gasteiger partial charge < -0.3 is 0 Å². The quantitative estimate of drug-likeness (QED) is 0.280. The molecule has 0 aliphatic carbocycles. The second kappa shape index (κ2) is 8.62. The summed E-state index contributed by atoms with van der Waals surface area (Å²) >= 11 is 3.63. The van der Waals surface area contributed by atoms with Crippen LogP contribution in [0.5, 0.6) is 0 Å². The Morgan fingerprint density at radius 1 is 0.387 bits per heavy atom. The molecule has 148 valence electrons. The van der Waals surface area contributed by atoms with Crippen LogP contribution in [0.1, 0.15) is 0 Å². The molecule has 0 atom stereocenters. The van der Waals surface area contributed by atoms with Crippen molar-refractivity contribution in [3.8, 4) is 45.3 Å². The summed E-state index contributed by atoms with van der Waals surface area (Å²) in [5, 5.41) is 0. The van der Waals surface area contributed by atoms with Crippen molar-refractivity contribution in [1.29, 1.82) is 0 Å². The number of halogens is 1. The van der Waals surface area contributed by atoms with Crippen molar-refractivity contribution in [3.63, 3.8) is 0 Å². The van der Waals surface area contributed by atoms with Crippen LogP contribution < -0.4 is 0 Å². The SMILES string of the molecule is Brc1ccccc1-c1ccc(-c2nc(-c3ccccc3)nc(-c3ccccc3)n2)cc1. The van der Waals surface area contributed by atoms with E-state index in [-0.39, 0.29) is 0 Å². The van der Waals surface area contributed by atoms with Gasteiger partial charge in [-0.15, -0.1) is 0 Å². The standard InChI is InChI=1S/C27H18BrN3/c28-24-14-8-7-13-23(24)19-15-17-22(18-16-19)27-30-25(20-9-3-1-4-10-20)29-26(31-27)21-11-5-2-6-12-21/h1-18H. The van der Waals surface area contributed by atoms with Gasteiger partial charge in [0.05, 0.1) is 0 Å². The van der Waals surface area contributed by atoms with Gasteiger partial charge in [-0.3, -0.25) is 0 Å². The average molecular weight is 464 g/mol. The van der Waals surface area contributed by atoms with Crippen LogP contribution in [-0.2, 0) is 0 Å². The molecule has 0 saturated carbocycles. The van der Waals surface area contributed by atoms with Gasteiger partial charge >= 0.3 is 0 Å². The minimum atomic E-state index is 0.659. The molecule has 0 spiro atoms. The van der Waals surface area contributed by atoms with Crippen molar-refractivity contribution in [1.82, 2.24) is 15.0 Å². The van der Waals surface area contributed by atoms with E-state index in [1.807, 2.05) is 78.9 Å². The molecule has 1 aromatic heterocycles. The molecule has 0 radical (unpaired) electrons. The third-order valence-corrected chi connectivity index (χ3v) is 5.72. The number of hydrogen-bond acceptors (Lipinski definition) is 3. The van der Waals surface area contributed by atoms with Crippen molar-refractivity contribution in [2.45, 2.75) is 0 Å². The smallest absolute Gasteiger partial charge is 0.164 e. The number of hydrogen-bond donors (Lipinski definition) is 0. The summed E-state index contributed by atoms with van der Waals surface area (Å²) < 4.78 is 1.07. The lowest BCUT2D eigenvalue weighted by Crippen LogP contribution is -2.00. The summed E-state index contributed by atoms with van der Waals surface area (Å²) in [5.74, 6) is 1.99. The van der Waals surface area contributed by atoms with Crippen molar-refractivity contribution >= 4 is 15.9 Å². The van der Waals surface area contributed by atoms with E-state index < -0.39 is 0 Å². The fraction of sp³-hybridized carbons (Fsp3) is 0.